The van der Waals surface area contributed by atoms with Crippen LogP contribution in [0.4, 0.5) is 0 Å². The van der Waals surface area contributed by atoms with Crippen LogP contribution in [0.5, 0.6) is 0 Å². The normalized spacial score (nSPS) is 30.6. The van der Waals surface area contributed by atoms with E-state index in [0.717, 1.165) is 0 Å². The lowest BCUT2D eigenvalue weighted by Gasteiger charge is -2.33. The molecule has 2 aliphatic rings. The van der Waals surface area contributed by atoms with Crippen molar-refractivity contribution in [3.05, 3.63) is 0 Å². The fourth-order valence-electron chi connectivity index (χ4n) is 3.50. The van der Waals surface area contributed by atoms with Gasteiger partial charge in [0.25, 0.3) is 0 Å². The molecule has 2 fully saturated rings. The van der Waals surface area contributed by atoms with Crippen molar-refractivity contribution in [3.63, 3.8) is 0 Å². The van der Waals surface area contributed by atoms with E-state index < -0.39 is 0 Å². The van der Waals surface area contributed by atoms with Gasteiger partial charge in [0.15, 0.2) is 0 Å². The van der Waals surface area contributed by atoms with Gasteiger partial charge in [-0.1, -0.05) is 75.8 Å². The predicted octanol–water partition coefficient (Wildman–Crippen LogP) is 4.20. The smallest absolute Gasteiger partial charge is 0.0669 e. The molecule has 0 nitrogen and oxygen atoms in total. The van der Waals surface area contributed by atoms with Gasteiger partial charge in [-0.15, -0.1) is 0 Å². The van der Waals surface area contributed by atoms with Gasteiger partial charge in [-0.05, 0) is 0 Å². The van der Waals surface area contributed by atoms with Crippen molar-refractivity contribution in [2.24, 2.45) is 0 Å². The molecule has 0 aromatic rings. The van der Waals surface area contributed by atoms with Gasteiger partial charge >= 0.3 is 0 Å². The van der Waals surface area contributed by atoms with E-state index in [4.69, 9.17) is 0 Å². The molecule has 0 aliphatic heterocycles. The summed E-state index contributed by atoms with van der Waals surface area (Å²) in [7, 11) is 2.72. The predicted molar refractivity (Wildman–Crippen MR) is 59.4 cm³/mol. The summed E-state index contributed by atoms with van der Waals surface area (Å²) in [6, 6.07) is 0. The van der Waals surface area contributed by atoms with Gasteiger partial charge in [0.1, 0.15) is 7.28 Å². The van der Waals surface area contributed by atoms with Gasteiger partial charge in [0.2, 0.25) is 0 Å². The molecule has 13 heavy (non-hydrogen) atoms. The van der Waals surface area contributed by atoms with Crippen molar-refractivity contribution >= 4 is 7.28 Å². The Labute approximate surface area is 83.7 Å². The molecule has 73 valence electrons. The zero-order valence-electron chi connectivity index (χ0n) is 9.23. The summed E-state index contributed by atoms with van der Waals surface area (Å²) in [5, 5.41) is 1.19. The van der Waals surface area contributed by atoms with E-state index >= 15 is 0 Å². The molecule has 1 radical (unpaired) electrons. The highest BCUT2D eigenvalue weighted by atomic mass is 14.3. The second kappa shape index (κ2) is 3.33. The van der Waals surface area contributed by atoms with Crippen molar-refractivity contribution in [2.75, 3.05) is 0 Å². The van der Waals surface area contributed by atoms with Crippen LogP contribution in [0.25, 0.3) is 0 Å². The first-order chi connectivity index (χ1) is 6.12. The second-order valence-electron chi connectivity index (χ2n) is 5.87. The van der Waals surface area contributed by atoms with E-state index in [-0.39, 0.29) is 0 Å². The Bertz CT molecular complexity index is 154. The van der Waals surface area contributed by atoms with Crippen LogP contribution >= 0.6 is 0 Å². The first-order valence-corrected chi connectivity index (χ1v) is 5.99. The molecule has 0 unspecified atom stereocenters. The molecule has 0 atom stereocenters. The van der Waals surface area contributed by atoms with Crippen molar-refractivity contribution in [1.82, 2.24) is 0 Å². The summed E-state index contributed by atoms with van der Waals surface area (Å²) in [4.78, 5) is 0. The maximum atomic E-state index is 2.72. The standard InChI is InChI=1S/C12H22B/c1-11(7-3-4-8-11)13-12(2)9-5-6-10-12/h3-10H2,1-2H3. The molecule has 2 rings (SSSR count). The molecule has 1 heteroatoms. The Morgan fingerprint density at radius 2 is 1.00 bits per heavy atom. The Morgan fingerprint density at radius 3 is 1.31 bits per heavy atom. The fourth-order valence-corrected chi connectivity index (χ4v) is 3.50. The Hall–Kier alpha value is 0.0649. The highest BCUT2D eigenvalue weighted by Gasteiger charge is 2.39. The summed E-state index contributed by atoms with van der Waals surface area (Å²) in [6.45, 7) is 4.95. The zero-order valence-corrected chi connectivity index (χ0v) is 9.23. The third kappa shape index (κ3) is 2.11. The maximum absolute atomic E-state index is 2.72. The van der Waals surface area contributed by atoms with Gasteiger partial charge in [0, 0.05) is 0 Å². The van der Waals surface area contributed by atoms with Gasteiger partial charge in [-0.2, -0.15) is 0 Å². The van der Waals surface area contributed by atoms with Crippen LogP contribution in [-0.2, 0) is 0 Å². The van der Waals surface area contributed by atoms with E-state index in [2.05, 4.69) is 21.1 Å². The fraction of sp³-hybridized carbons (Fsp3) is 1.00. The van der Waals surface area contributed by atoms with E-state index in [1.165, 1.54) is 51.4 Å². The minimum Gasteiger partial charge on any atom is -0.0669 e. The minimum atomic E-state index is 0.596. The monoisotopic (exact) mass is 177 g/mol. The summed E-state index contributed by atoms with van der Waals surface area (Å²) in [6.07, 6.45) is 11.6. The second-order valence-corrected chi connectivity index (χ2v) is 5.87. The van der Waals surface area contributed by atoms with Crippen molar-refractivity contribution in [3.8, 4) is 0 Å². The van der Waals surface area contributed by atoms with Crippen molar-refractivity contribution in [2.45, 2.75) is 75.8 Å². The zero-order chi connectivity index (χ0) is 9.36. The maximum Gasteiger partial charge on any atom is 0.125 e. The summed E-state index contributed by atoms with van der Waals surface area (Å²) >= 11 is 0. The molecule has 0 aromatic heterocycles. The van der Waals surface area contributed by atoms with Crippen LogP contribution in [0.1, 0.15) is 65.2 Å². The third-order valence-electron chi connectivity index (χ3n) is 4.19. The average molecular weight is 177 g/mol. The van der Waals surface area contributed by atoms with Gasteiger partial charge in [-0.25, -0.2) is 0 Å². The van der Waals surface area contributed by atoms with Crippen LogP contribution in [0.15, 0.2) is 0 Å². The lowest BCUT2D eigenvalue weighted by atomic mass is 9.38. The molecule has 2 aliphatic carbocycles. The van der Waals surface area contributed by atoms with Crippen LogP contribution < -0.4 is 0 Å². The highest BCUT2D eigenvalue weighted by molar-refractivity contribution is 6.44. The Morgan fingerprint density at radius 1 is 0.692 bits per heavy atom. The third-order valence-corrected chi connectivity index (χ3v) is 4.19. The van der Waals surface area contributed by atoms with Crippen LogP contribution in [0, 0.1) is 0 Å². The molecule has 0 amide bonds. The Kier molecular flexibility index (Phi) is 2.46. The molecular formula is C12H22B. The van der Waals surface area contributed by atoms with E-state index in [1.807, 2.05) is 0 Å². The topological polar surface area (TPSA) is 0 Å². The molecular weight excluding hydrogens is 155 g/mol. The highest BCUT2D eigenvalue weighted by Crippen LogP contribution is 2.54. The van der Waals surface area contributed by atoms with Crippen LogP contribution in [-0.4, -0.2) is 7.28 Å². The molecule has 0 spiro atoms. The van der Waals surface area contributed by atoms with Gasteiger partial charge in [-0.3, -0.25) is 0 Å². The molecule has 0 aromatic carbocycles. The van der Waals surface area contributed by atoms with Gasteiger partial charge < -0.3 is 0 Å². The summed E-state index contributed by atoms with van der Waals surface area (Å²) in [5.74, 6) is 0. The number of hydrogen-bond donors (Lipinski definition) is 0. The summed E-state index contributed by atoms with van der Waals surface area (Å²) < 4.78 is 0. The lowest BCUT2D eigenvalue weighted by molar-refractivity contribution is 0.555. The molecule has 2 saturated carbocycles. The molecule has 0 saturated heterocycles. The Balaban J connectivity index is 1.95. The van der Waals surface area contributed by atoms with Crippen LogP contribution in [0.2, 0.25) is 10.6 Å². The van der Waals surface area contributed by atoms with Crippen molar-refractivity contribution in [1.29, 1.82) is 0 Å². The first kappa shape index (κ1) is 9.61. The minimum absolute atomic E-state index is 0.596. The molecule has 0 heterocycles. The SMILES string of the molecule is CC1([B]C2(C)CCCC2)CCCC1. The van der Waals surface area contributed by atoms with Crippen LogP contribution in [0.3, 0.4) is 0 Å². The molecule has 0 N–H and O–H groups in total. The summed E-state index contributed by atoms with van der Waals surface area (Å²) in [5.41, 5.74) is 0. The van der Waals surface area contributed by atoms with E-state index in [0.29, 0.717) is 10.6 Å². The first-order valence-electron chi connectivity index (χ1n) is 5.99. The largest absolute Gasteiger partial charge is 0.125 e. The number of rotatable bonds is 2. The lowest BCUT2D eigenvalue weighted by Crippen LogP contribution is -2.24. The van der Waals surface area contributed by atoms with Crippen molar-refractivity contribution < 1.29 is 0 Å². The van der Waals surface area contributed by atoms with E-state index in [1.54, 1.807) is 0 Å². The molecule has 0 bridgehead atoms. The van der Waals surface area contributed by atoms with Gasteiger partial charge in [0.05, 0.1) is 0 Å². The number of hydrogen-bond acceptors (Lipinski definition) is 0. The van der Waals surface area contributed by atoms with E-state index in [9.17, 15) is 0 Å². The average Bonchev–Trinajstić information content (AvgIpc) is 2.60. The quantitative estimate of drug-likeness (QED) is 0.554.